The molecule has 0 radical (unpaired) electrons. The first-order valence-electron chi connectivity index (χ1n) is 8.28. The summed E-state index contributed by atoms with van der Waals surface area (Å²) in [6.07, 6.45) is 1.30. The molecule has 0 aliphatic carbocycles. The third-order valence-electron chi connectivity index (χ3n) is 4.12. The smallest absolute Gasteiger partial charge is 0.242 e. The van der Waals surface area contributed by atoms with Crippen LogP contribution in [0.4, 0.5) is 4.39 Å². The molecule has 0 spiro atoms. The molecule has 0 aliphatic heterocycles. The van der Waals surface area contributed by atoms with E-state index in [-0.39, 0.29) is 4.90 Å². The van der Waals surface area contributed by atoms with Crippen LogP contribution in [-0.2, 0) is 16.4 Å². The van der Waals surface area contributed by atoms with Gasteiger partial charge in [-0.1, -0.05) is 36.4 Å². The van der Waals surface area contributed by atoms with Crippen molar-refractivity contribution in [2.75, 3.05) is 13.6 Å². The second kappa shape index (κ2) is 7.80. The third-order valence-corrected chi connectivity index (χ3v) is 5.98. The lowest BCUT2D eigenvalue weighted by atomic mass is 10.1. The van der Waals surface area contributed by atoms with Crippen molar-refractivity contribution in [3.63, 3.8) is 0 Å². The van der Waals surface area contributed by atoms with Crippen LogP contribution >= 0.6 is 0 Å². The highest BCUT2D eigenvalue weighted by molar-refractivity contribution is 7.89. The van der Waals surface area contributed by atoms with Crippen LogP contribution in [-0.4, -0.2) is 36.5 Å². The van der Waals surface area contributed by atoms with E-state index >= 15 is 0 Å². The molecule has 1 aromatic heterocycles. The maximum atomic E-state index is 13.3. The first-order chi connectivity index (χ1) is 12.5. The Balaban J connectivity index is 1.59. The predicted molar refractivity (Wildman–Crippen MR) is 98.6 cm³/mol. The number of hydrogen-bond acceptors (Lipinski definition) is 3. The summed E-state index contributed by atoms with van der Waals surface area (Å²) in [7, 11) is -2.18. The highest BCUT2D eigenvalue weighted by Gasteiger charge is 2.20. The zero-order valence-corrected chi connectivity index (χ0v) is 15.2. The van der Waals surface area contributed by atoms with Gasteiger partial charge >= 0.3 is 0 Å². The highest BCUT2D eigenvalue weighted by atomic mass is 32.2. The van der Waals surface area contributed by atoms with Gasteiger partial charge in [0.15, 0.2) is 0 Å². The van der Waals surface area contributed by atoms with Crippen LogP contribution in [0.3, 0.4) is 0 Å². The Morgan fingerprint density at radius 1 is 1.08 bits per heavy atom. The Bertz CT molecular complexity index is 971. The van der Waals surface area contributed by atoms with Gasteiger partial charge in [0, 0.05) is 24.8 Å². The van der Waals surface area contributed by atoms with E-state index in [4.69, 9.17) is 0 Å². The van der Waals surface area contributed by atoms with Crippen LogP contribution in [0.2, 0.25) is 0 Å². The molecule has 26 heavy (non-hydrogen) atoms. The minimum atomic E-state index is -3.69. The number of H-pyrrole nitrogens is 1. The maximum absolute atomic E-state index is 13.3. The third kappa shape index (κ3) is 4.17. The molecule has 5 nitrogen and oxygen atoms in total. The fourth-order valence-electron chi connectivity index (χ4n) is 2.67. The zero-order valence-electron chi connectivity index (χ0n) is 14.4. The Labute approximate surface area is 152 Å². The Hall–Kier alpha value is -2.51. The van der Waals surface area contributed by atoms with Crippen molar-refractivity contribution in [3.05, 3.63) is 72.2 Å². The maximum Gasteiger partial charge on any atom is 0.242 e. The topological polar surface area (TPSA) is 66.1 Å². The Kier molecular flexibility index (Phi) is 5.49. The van der Waals surface area contributed by atoms with Gasteiger partial charge in [-0.2, -0.15) is 5.10 Å². The van der Waals surface area contributed by atoms with E-state index in [2.05, 4.69) is 10.2 Å². The van der Waals surface area contributed by atoms with Gasteiger partial charge in [-0.3, -0.25) is 5.10 Å². The summed E-state index contributed by atoms with van der Waals surface area (Å²) in [6.45, 7) is 0.332. The lowest BCUT2D eigenvalue weighted by Crippen LogP contribution is -2.28. The lowest BCUT2D eigenvalue weighted by molar-refractivity contribution is 0.460. The van der Waals surface area contributed by atoms with E-state index in [0.717, 1.165) is 23.0 Å². The molecule has 0 saturated carbocycles. The largest absolute Gasteiger partial charge is 0.282 e. The number of aromatic nitrogens is 2. The number of sulfonamides is 1. The molecule has 3 rings (SSSR count). The van der Waals surface area contributed by atoms with Gasteiger partial charge in [0.25, 0.3) is 0 Å². The summed E-state index contributed by atoms with van der Waals surface area (Å²) in [5, 5.41) is 7.28. The van der Waals surface area contributed by atoms with Crippen molar-refractivity contribution < 1.29 is 12.8 Å². The van der Waals surface area contributed by atoms with Gasteiger partial charge in [0.05, 0.1) is 10.6 Å². The van der Waals surface area contributed by atoms with E-state index in [0.29, 0.717) is 19.4 Å². The molecule has 2 aromatic carbocycles. The lowest BCUT2D eigenvalue weighted by Gasteiger charge is -2.16. The molecule has 1 N–H and O–H groups in total. The van der Waals surface area contributed by atoms with Gasteiger partial charge in [-0.25, -0.2) is 17.1 Å². The normalized spacial score (nSPS) is 11.8. The molecule has 0 bridgehead atoms. The summed E-state index contributed by atoms with van der Waals surface area (Å²) in [4.78, 5) is -0.0343. The number of halogens is 1. The van der Waals surface area contributed by atoms with Gasteiger partial charge in [0.1, 0.15) is 5.82 Å². The van der Waals surface area contributed by atoms with Crippen LogP contribution < -0.4 is 0 Å². The SMILES string of the molecule is CN(CCCc1cc(-c2ccccc2)n[nH]1)S(=O)(=O)c1cccc(F)c1. The molecule has 0 unspecified atom stereocenters. The zero-order chi connectivity index (χ0) is 18.6. The Morgan fingerprint density at radius 3 is 2.58 bits per heavy atom. The van der Waals surface area contributed by atoms with Gasteiger partial charge in [-0.15, -0.1) is 0 Å². The number of hydrogen-bond donors (Lipinski definition) is 1. The number of nitrogens with zero attached hydrogens (tertiary/aromatic N) is 2. The fourth-order valence-corrected chi connectivity index (χ4v) is 3.91. The van der Waals surface area contributed by atoms with E-state index in [1.807, 2.05) is 36.4 Å². The van der Waals surface area contributed by atoms with E-state index in [9.17, 15) is 12.8 Å². The molecular weight excluding hydrogens is 353 g/mol. The standard InChI is InChI=1S/C19H20FN3O2S/c1-23(26(24,25)18-11-5-9-16(20)13-18)12-6-10-17-14-19(22-21-17)15-7-3-2-4-8-15/h2-5,7-9,11,13-14H,6,10,12H2,1H3,(H,21,22). The second-order valence-corrected chi connectivity index (χ2v) is 8.08. The van der Waals surface area contributed by atoms with Crippen LogP contribution in [0.15, 0.2) is 65.6 Å². The summed E-state index contributed by atoms with van der Waals surface area (Å²) in [6, 6.07) is 16.9. The second-order valence-electron chi connectivity index (χ2n) is 6.03. The molecule has 0 saturated heterocycles. The summed E-state index contributed by atoms with van der Waals surface area (Å²) in [5.41, 5.74) is 2.84. The van der Waals surface area contributed by atoms with Gasteiger partial charge in [0.2, 0.25) is 10.0 Å². The average Bonchev–Trinajstić information content (AvgIpc) is 3.11. The summed E-state index contributed by atoms with van der Waals surface area (Å²) < 4.78 is 39.4. The summed E-state index contributed by atoms with van der Waals surface area (Å²) >= 11 is 0. The van der Waals surface area contributed by atoms with Gasteiger partial charge < -0.3 is 0 Å². The van der Waals surface area contributed by atoms with Crippen molar-refractivity contribution in [2.45, 2.75) is 17.7 Å². The van der Waals surface area contributed by atoms with Gasteiger partial charge in [-0.05, 0) is 37.1 Å². The van der Waals surface area contributed by atoms with Crippen molar-refractivity contribution in [2.24, 2.45) is 0 Å². The molecule has 0 atom stereocenters. The van der Waals surface area contributed by atoms with Crippen LogP contribution in [0, 0.1) is 5.82 Å². The predicted octanol–water partition coefficient (Wildman–Crippen LogP) is 3.47. The molecule has 0 fully saturated rings. The monoisotopic (exact) mass is 373 g/mol. The summed E-state index contributed by atoms with van der Waals surface area (Å²) in [5.74, 6) is -0.564. The van der Waals surface area contributed by atoms with E-state index in [1.54, 1.807) is 0 Å². The minimum absolute atomic E-state index is 0.0343. The fraction of sp³-hybridized carbons (Fsp3) is 0.211. The molecule has 0 amide bonds. The van der Waals surface area contributed by atoms with Crippen LogP contribution in [0.5, 0.6) is 0 Å². The number of nitrogens with one attached hydrogen (secondary N) is 1. The number of aryl methyl sites for hydroxylation is 1. The average molecular weight is 373 g/mol. The van der Waals surface area contributed by atoms with E-state index < -0.39 is 15.8 Å². The number of aromatic amines is 1. The first-order valence-corrected chi connectivity index (χ1v) is 9.72. The quantitative estimate of drug-likeness (QED) is 0.690. The highest BCUT2D eigenvalue weighted by Crippen LogP contribution is 2.19. The molecule has 0 aliphatic rings. The molecule has 136 valence electrons. The van der Waals surface area contributed by atoms with E-state index in [1.165, 1.54) is 29.6 Å². The molecule has 1 heterocycles. The van der Waals surface area contributed by atoms with Crippen molar-refractivity contribution in [1.82, 2.24) is 14.5 Å². The minimum Gasteiger partial charge on any atom is -0.282 e. The molecule has 7 heteroatoms. The Morgan fingerprint density at radius 2 is 1.85 bits per heavy atom. The van der Waals surface area contributed by atoms with Crippen LogP contribution in [0.25, 0.3) is 11.3 Å². The van der Waals surface area contributed by atoms with Crippen molar-refractivity contribution in [1.29, 1.82) is 0 Å². The van der Waals surface area contributed by atoms with Crippen molar-refractivity contribution in [3.8, 4) is 11.3 Å². The molecular formula is C19H20FN3O2S. The molecule has 3 aromatic rings. The van der Waals surface area contributed by atoms with Crippen LogP contribution in [0.1, 0.15) is 12.1 Å². The van der Waals surface area contributed by atoms with Crippen molar-refractivity contribution >= 4 is 10.0 Å². The number of rotatable bonds is 7. The first kappa shape index (κ1) is 18.3. The number of benzene rings is 2.